The van der Waals surface area contributed by atoms with E-state index in [0.29, 0.717) is 0 Å². The standard InChI is InChI=1S/C13H19N5/c1-13(2)5-10(14)9-3-4-18(11(9)6-13)7-12-15-8-16-17-12/h3-4,8,10H,5-7,14H2,1-2H3,(H,15,16,17). The van der Waals surface area contributed by atoms with Crippen molar-refractivity contribution in [3.63, 3.8) is 0 Å². The highest BCUT2D eigenvalue weighted by Crippen LogP contribution is 2.39. The molecule has 0 amide bonds. The lowest BCUT2D eigenvalue weighted by Crippen LogP contribution is -2.30. The smallest absolute Gasteiger partial charge is 0.144 e. The molecule has 18 heavy (non-hydrogen) atoms. The Morgan fingerprint density at radius 1 is 1.56 bits per heavy atom. The van der Waals surface area contributed by atoms with E-state index in [9.17, 15) is 0 Å². The Kier molecular flexibility index (Phi) is 2.52. The van der Waals surface area contributed by atoms with Crippen LogP contribution in [0.5, 0.6) is 0 Å². The summed E-state index contributed by atoms with van der Waals surface area (Å²) in [6.07, 6.45) is 5.76. The summed E-state index contributed by atoms with van der Waals surface area (Å²) in [6, 6.07) is 2.30. The van der Waals surface area contributed by atoms with E-state index in [4.69, 9.17) is 5.73 Å². The third-order valence-corrected chi connectivity index (χ3v) is 3.72. The Hall–Kier alpha value is -1.62. The van der Waals surface area contributed by atoms with Crippen LogP contribution in [-0.4, -0.2) is 19.7 Å². The van der Waals surface area contributed by atoms with Crippen LogP contribution in [0, 0.1) is 5.41 Å². The number of aromatic amines is 1. The van der Waals surface area contributed by atoms with Crippen molar-refractivity contribution >= 4 is 0 Å². The van der Waals surface area contributed by atoms with E-state index in [1.165, 1.54) is 11.3 Å². The molecular formula is C13H19N5. The first-order valence-electron chi connectivity index (χ1n) is 6.33. The number of hydrogen-bond donors (Lipinski definition) is 2. The van der Waals surface area contributed by atoms with Crippen LogP contribution in [-0.2, 0) is 13.0 Å². The maximum atomic E-state index is 6.26. The molecule has 5 heteroatoms. The molecular weight excluding hydrogens is 226 g/mol. The molecule has 0 saturated heterocycles. The maximum Gasteiger partial charge on any atom is 0.144 e. The molecule has 0 aromatic carbocycles. The highest BCUT2D eigenvalue weighted by atomic mass is 15.2. The summed E-state index contributed by atoms with van der Waals surface area (Å²) in [5.41, 5.74) is 9.16. The molecule has 0 aliphatic heterocycles. The lowest BCUT2D eigenvalue weighted by Gasteiger charge is -2.34. The van der Waals surface area contributed by atoms with E-state index in [0.717, 1.165) is 25.2 Å². The van der Waals surface area contributed by atoms with Gasteiger partial charge in [-0.3, -0.25) is 5.10 Å². The van der Waals surface area contributed by atoms with E-state index >= 15 is 0 Å². The zero-order valence-electron chi connectivity index (χ0n) is 10.8. The Bertz CT molecular complexity index is 538. The Morgan fingerprint density at radius 2 is 2.39 bits per heavy atom. The Labute approximate surface area is 106 Å². The molecule has 2 heterocycles. The fourth-order valence-electron chi connectivity index (χ4n) is 2.91. The van der Waals surface area contributed by atoms with E-state index in [1.807, 2.05) is 0 Å². The van der Waals surface area contributed by atoms with Crippen LogP contribution in [0.15, 0.2) is 18.6 Å². The van der Waals surface area contributed by atoms with E-state index < -0.39 is 0 Å². The van der Waals surface area contributed by atoms with Gasteiger partial charge in [0.05, 0.1) is 6.54 Å². The molecule has 3 rings (SSSR count). The molecule has 1 atom stereocenters. The molecule has 1 aliphatic carbocycles. The van der Waals surface area contributed by atoms with Gasteiger partial charge in [-0.2, -0.15) is 5.10 Å². The second kappa shape index (κ2) is 3.95. The highest BCUT2D eigenvalue weighted by Gasteiger charge is 2.32. The van der Waals surface area contributed by atoms with E-state index in [2.05, 4.69) is 45.9 Å². The number of rotatable bonds is 2. The monoisotopic (exact) mass is 245 g/mol. The van der Waals surface area contributed by atoms with Gasteiger partial charge in [0.1, 0.15) is 12.2 Å². The van der Waals surface area contributed by atoms with Crippen molar-refractivity contribution in [1.82, 2.24) is 19.7 Å². The molecule has 1 aliphatic rings. The maximum absolute atomic E-state index is 6.26. The first kappa shape index (κ1) is 11.5. The first-order valence-corrected chi connectivity index (χ1v) is 6.33. The van der Waals surface area contributed by atoms with Gasteiger partial charge in [-0.1, -0.05) is 13.8 Å². The fourth-order valence-corrected chi connectivity index (χ4v) is 2.91. The fraction of sp³-hybridized carbons (Fsp3) is 0.538. The summed E-state index contributed by atoms with van der Waals surface area (Å²) >= 11 is 0. The van der Waals surface area contributed by atoms with Gasteiger partial charge in [-0.15, -0.1) is 0 Å². The van der Waals surface area contributed by atoms with Gasteiger partial charge >= 0.3 is 0 Å². The molecule has 2 aromatic heterocycles. The minimum Gasteiger partial charge on any atom is -0.344 e. The zero-order valence-corrected chi connectivity index (χ0v) is 10.8. The third-order valence-electron chi connectivity index (χ3n) is 3.72. The summed E-state index contributed by atoms with van der Waals surface area (Å²) in [7, 11) is 0. The minimum absolute atomic E-state index is 0.153. The molecule has 0 fully saturated rings. The minimum atomic E-state index is 0.153. The van der Waals surface area contributed by atoms with Crippen molar-refractivity contribution in [2.45, 2.75) is 39.3 Å². The van der Waals surface area contributed by atoms with Crippen LogP contribution in [0.4, 0.5) is 0 Å². The molecule has 96 valence electrons. The van der Waals surface area contributed by atoms with Crippen LogP contribution < -0.4 is 5.73 Å². The van der Waals surface area contributed by atoms with Crippen LogP contribution in [0.25, 0.3) is 0 Å². The largest absolute Gasteiger partial charge is 0.344 e. The molecule has 3 N–H and O–H groups in total. The van der Waals surface area contributed by atoms with Gasteiger partial charge < -0.3 is 10.3 Å². The van der Waals surface area contributed by atoms with Gasteiger partial charge in [-0.25, -0.2) is 4.98 Å². The Balaban J connectivity index is 1.94. The van der Waals surface area contributed by atoms with Crippen LogP contribution >= 0.6 is 0 Å². The SMILES string of the molecule is CC1(C)Cc2c(ccn2Cc2ncn[nH]2)C(N)C1. The number of hydrogen-bond acceptors (Lipinski definition) is 3. The second-order valence-electron chi connectivity index (χ2n) is 5.93. The molecule has 2 aromatic rings. The number of fused-ring (bicyclic) bond motifs is 1. The van der Waals surface area contributed by atoms with Crippen molar-refractivity contribution in [3.05, 3.63) is 35.7 Å². The van der Waals surface area contributed by atoms with Crippen molar-refractivity contribution in [2.75, 3.05) is 0 Å². The second-order valence-corrected chi connectivity index (χ2v) is 5.93. The summed E-state index contributed by atoms with van der Waals surface area (Å²) in [5, 5.41) is 6.79. The lowest BCUT2D eigenvalue weighted by molar-refractivity contribution is 0.276. The van der Waals surface area contributed by atoms with Crippen molar-refractivity contribution in [1.29, 1.82) is 0 Å². The van der Waals surface area contributed by atoms with E-state index in [-0.39, 0.29) is 11.5 Å². The molecule has 5 nitrogen and oxygen atoms in total. The number of nitrogens with two attached hydrogens (primary N) is 1. The van der Waals surface area contributed by atoms with Crippen LogP contribution in [0.2, 0.25) is 0 Å². The average Bonchev–Trinajstić information content (AvgIpc) is 2.88. The van der Waals surface area contributed by atoms with Gasteiger partial charge in [-0.05, 0) is 29.9 Å². The molecule has 0 bridgehead atoms. The van der Waals surface area contributed by atoms with E-state index in [1.54, 1.807) is 6.33 Å². The quantitative estimate of drug-likeness (QED) is 0.844. The highest BCUT2D eigenvalue weighted by molar-refractivity contribution is 5.30. The first-order chi connectivity index (χ1) is 8.55. The molecule has 1 unspecified atom stereocenters. The van der Waals surface area contributed by atoms with Gasteiger partial charge in [0.2, 0.25) is 0 Å². The number of H-pyrrole nitrogens is 1. The Morgan fingerprint density at radius 3 is 3.11 bits per heavy atom. The van der Waals surface area contributed by atoms with Crippen LogP contribution in [0.3, 0.4) is 0 Å². The van der Waals surface area contributed by atoms with Crippen molar-refractivity contribution in [3.8, 4) is 0 Å². The zero-order chi connectivity index (χ0) is 12.8. The molecule has 0 spiro atoms. The third kappa shape index (κ3) is 1.95. The normalized spacial score (nSPS) is 21.8. The molecule has 0 saturated carbocycles. The van der Waals surface area contributed by atoms with Crippen molar-refractivity contribution in [2.24, 2.45) is 11.1 Å². The average molecular weight is 245 g/mol. The number of nitrogens with zero attached hydrogens (tertiary/aromatic N) is 3. The summed E-state index contributed by atoms with van der Waals surface area (Å²) in [5.74, 6) is 0.880. The summed E-state index contributed by atoms with van der Waals surface area (Å²) < 4.78 is 2.23. The molecule has 0 radical (unpaired) electrons. The van der Waals surface area contributed by atoms with Crippen molar-refractivity contribution < 1.29 is 0 Å². The van der Waals surface area contributed by atoms with Gasteiger partial charge in [0, 0.05) is 17.9 Å². The van der Waals surface area contributed by atoms with Gasteiger partial charge in [0.25, 0.3) is 0 Å². The number of nitrogens with one attached hydrogen (secondary N) is 1. The van der Waals surface area contributed by atoms with Crippen LogP contribution in [0.1, 0.15) is 43.4 Å². The topological polar surface area (TPSA) is 72.5 Å². The summed E-state index contributed by atoms with van der Waals surface area (Å²) in [4.78, 5) is 4.18. The predicted molar refractivity (Wildman–Crippen MR) is 68.9 cm³/mol. The number of aromatic nitrogens is 4. The van der Waals surface area contributed by atoms with Gasteiger partial charge in [0.15, 0.2) is 0 Å². The lowest BCUT2D eigenvalue weighted by atomic mass is 9.74. The summed E-state index contributed by atoms with van der Waals surface area (Å²) in [6.45, 7) is 5.29. The predicted octanol–water partition coefficient (Wildman–Crippen LogP) is 1.63.